The fourth-order valence-corrected chi connectivity index (χ4v) is 4.48. The Kier molecular flexibility index (Phi) is 6.81. The van der Waals surface area contributed by atoms with Crippen molar-refractivity contribution < 1.29 is 24.2 Å². The lowest BCUT2D eigenvalue weighted by Gasteiger charge is -2.38. The van der Waals surface area contributed by atoms with Gasteiger partial charge in [0.05, 0.1) is 6.54 Å². The molecule has 182 valence electrons. The van der Waals surface area contributed by atoms with Crippen molar-refractivity contribution in [2.24, 2.45) is 0 Å². The fraction of sp³-hybridized carbons (Fsp3) is 0.280. The van der Waals surface area contributed by atoms with Gasteiger partial charge in [0.25, 0.3) is 11.5 Å². The molecule has 0 atom stereocenters. The van der Waals surface area contributed by atoms with E-state index in [0.717, 1.165) is 5.56 Å². The van der Waals surface area contributed by atoms with Crippen LogP contribution in [0.15, 0.2) is 59.4 Å². The Morgan fingerprint density at radius 1 is 1.06 bits per heavy atom. The van der Waals surface area contributed by atoms with Crippen LogP contribution < -0.4 is 10.9 Å². The number of nitrogens with one attached hydrogen (secondary N) is 2. The van der Waals surface area contributed by atoms with Crippen molar-refractivity contribution in [3.63, 3.8) is 0 Å². The third-order valence-corrected chi connectivity index (χ3v) is 6.28. The molecule has 1 aliphatic rings. The topological polar surface area (TPSA) is 136 Å². The second-order valence-electron chi connectivity index (χ2n) is 8.51. The molecule has 35 heavy (non-hydrogen) atoms. The molecule has 0 radical (unpaired) electrons. The summed E-state index contributed by atoms with van der Waals surface area (Å²) in [5.41, 5.74) is -1.22. The van der Waals surface area contributed by atoms with Gasteiger partial charge in [0.1, 0.15) is 17.2 Å². The normalized spacial score (nSPS) is 14.4. The molecule has 4 N–H and O–H groups in total. The van der Waals surface area contributed by atoms with E-state index < -0.39 is 40.4 Å². The molecule has 0 bridgehead atoms. The third kappa shape index (κ3) is 5.01. The molecule has 4 rings (SSSR count). The summed E-state index contributed by atoms with van der Waals surface area (Å²) in [7, 11) is 0. The number of rotatable bonds is 7. The van der Waals surface area contributed by atoms with Crippen LogP contribution in [0.3, 0.4) is 0 Å². The number of aromatic hydroxyl groups is 1. The molecule has 2 aromatic carbocycles. The Morgan fingerprint density at radius 3 is 2.34 bits per heavy atom. The van der Waals surface area contributed by atoms with Crippen LogP contribution in [0.2, 0.25) is 0 Å². The molecular weight excluding hydrogens is 455 g/mol. The van der Waals surface area contributed by atoms with Gasteiger partial charge in [0.2, 0.25) is 5.75 Å². The van der Waals surface area contributed by atoms with Crippen LogP contribution in [0, 0.1) is 5.82 Å². The van der Waals surface area contributed by atoms with Crippen molar-refractivity contribution >= 4 is 12.0 Å². The smallest absolute Gasteiger partial charge is 0.408 e. The average Bonchev–Trinajstić information content (AvgIpc) is 3.35. The van der Waals surface area contributed by atoms with Crippen LogP contribution in [-0.2, 0) is 18.6 Å². The number of halogens is 1. The molecular formula is C25H25FN4O5. The van der Waals surface area contributed by atoms with Crippen molar-refractivity contribution in [1.29, 1.82) is 0 Å². The van der Waals surface area contributed by atoms with Gasteiger partial charge >= 0.3 is 6.09 Å². The Hall–Kier alpha value is -4.21. The van der Waals surface area contributed by atoms with E-state index in [0.29, 0.717) is 31.2 Å². The van der Waals surface area contributed by atoms with Crippen LogP contribution >= 0.6 is 0 Å². The van der Waals surface area contributed by atoms with E-state index in [1.165, 1.54) is 29.2 Å². The van der Waals surface area contributed by atoms with E-state index in [2.05, 4.69) is 15.3 Å². The number of carboxylic acid groups (broad SMARTS) is 1. The van der Waals surface area contributed by atoms with Crippen molar-refractivity contribution in [1.82, 2.24) is 20.2 Å². The highest BCUT2D eigenvalue weighted by molar-refractivity contribution is 5.94. The molecule has 1 saturated carbocycles. The lowest BCUT2D eigenvalue weighted by Crippen LogP contribution is -2.49. The van der Waals surface area contributed by atoms with Crippen LogP contribution in [0.4, 0.5) is 9.18 Å². The number of aromatic nitrogens is 2. The molecule has 9 nitrogen and oxygen atoms in total. The van der Waals surface area contributed by atoms with Crippen LogP contribution in [0.5, 0.6) is 5.75 Å². The van der Waals surface area contributed by atoms with E-state index in [-0.39, 0.29) is 18.9 Å². The summed E-state index contributed by atoms with van der Waals surface area (Å²) in [6, 6.07) is 14.5. The number of amides is 2. The number of carbonyl (C=O) groups excluding carboxylic acids is 1. The molecule has 0 spiro atoms. The number of H-pyrrole nitrogens is 1. The van der Waals surface area contributed by atoms with Crippen molar-refractivity contribution in [3.8, 4) is 5.75 Å². The van der Waals surface area contributed by atoms with Gasteiger partial charge in [0, 0.05) is 6.54 Å². The average molecular weight is 480 g/mol. The molecule has 1 heterocycles. The summed E-state index contributed by atoms with van der Waals surface area (Å²) in [5, 5.41) is 23.0. The SMILES string of the molecule is O=C(NCc1ccc(F)cc1)c1nc(C2(N(Cc3ccccc3)C(=O)O)CCCC2)[nH]c(=O)c1O. The second-order valence-corrected chi connectivity index (χ2v) is 8.51. The minimum Gasteiger partial charge on any atom is -0.501 e. The van der Waals surface area contributed by atoms with Gasteiger partial charge in [-0.1, -0.05) is 55.3 Å². The van der Waals surface area contributed by atoms with Crippen molar-refractivity contribution in [2.45, 2.75) is 44.3 Å². The zero-order valence-corrected chi connectivity index (χ0v) is 18.8. The Balaban J connectivity index is 1.68. The highest BCUT2D eigenvalue weighted by Gasteiger charge is 2.46. The third-order valence-electron chi connectivity index (χ3n) is 6.28. The van der Waals surface area contributed by atoms with Crippen LogP contribution in [0.1, 0.15) is 53.1 Å². The van der Waals surface area contributed by atoms with E-state index in [9.17, 15) is 29.0 Å². The first kappa shape index (κ1) is 23.9. The quantitative estimate of drug-likeness (QED) is 0.409. The lowest BCUT2D eigenvalue weighted by atomic mass is 9.93. The number of aromatic amines is 1. The molecule has 2 amide bonds. The molecule has 0 saturated heterocycles. The predicted octanol–water partition coefficient (Wildman–Crippen LogP) is 3.49. The maximum atomic E-state index is 13.1. The van der Waals surface area contributed by atoms with E-state index in [4.69, 9.17) is 0 Å². The molecule has 1 fully saturated rings. The number of benzene rings is 2. The lowest BCUT2D eigenvalue weighted by molar-refractivity contribution is 0.0641. The molecule has 1 aliphatic carbocycles. The summed E-state index contributed by atoms with van der Waals surface area (Å²) in [4.78, 5) is 45.8. The standard InChI is InChI=1S/C25H25FN4O5/c26-18-10-8-16(9-11-18)14-27-21(32)19-20(31)22(33)29-23(28-19)25(12-4-5-13-25)30(24(34)35)15-17-6-2-1-3-7-17/h1-3,6-11,31H,4-5,12-15H2,(H,27,32)(H,34,35)(H,28,29,33). The summed E-state index contributed by atoms with van der Waals surface area (Å²) in [5.74, 6) is -2.07. The van der Waals surface area contributed by atoms with E-state index in [1.54, 1.807) is 24.3 Å². The van der Waals surface area contributed by atoms with Gasteiger partial charge in [-0.25, -0.2) is 14.2 Å². The molecule has 0 unspecified atom stereocenters. The first-order valence-electron chi connectivity index (χ1n) is 11.2. The van der Waals surface area contributed by atoms with Crippen molar-refractivity contribution in [3.05, 3.63) is 93.4 Å². The minimum atomic E-state index is -1.19. The number of hydrogen-bond donors (Lipinski definition) is 4. The maximum absolute atomic E-state index is 13.1. The van der Waals surface area contributed by atoms with Gasteiger partial charge in [0.15, 0.2) is 5.69 Å². The van der Waals surface area contributed by atoms with E-state index >= 15 is 0 Å². The molecule has 1 aromatic heterocycles. The highest BCUT2D eigenvalue weighted by Crippen LogP contribution is 2.43. The predicted molar refractivity (Wildman–Crippen MR) is 124 cm³/mol. The Labute approximate surface area is 200 Å². The first-order valence-corrected chi connectivity index (χ1v) is 11.2. The first-order chi connectivity index (χ1) is 16.8. The number of carbonyl (C=O) groups is 2. The fourth-order valence-electron chi connectivity index (χ4n) is 4.48. The largest absolute Gasteiger partial charge is 0.501 e. The second kappa shape index (κ2) is 9.96. The maximum Gasteiger partial charge on any atom is 0.408 e. The molecule has 3 aromatic rings. The van der Waals surface area contributed by atoms with Crippen LogP contribution in [-0.4, -0.2) is 37.1 Å². The monoisotopic (exact) mass is 480 g/mol. The van der Waals surface area contributed by atoms with Crippen molar-refractivity contribution in [2.75, 3.05) is 0 Å². The Bertz CT molecular complexity index is 1270. The molecule has 10 heteroatoms. The summed E-state index contributed by atoms with van der Waals surface area (Å²) < 4.78 is 13.1. The zero-order valence-electron chi connectivity index (χ0n) is 18.8. The number of hydrogen-bond acceptors (Lipinski definition) is 5. The van der Waals surface area contributed by atoms with Gasteiger partial charge < -0.3 is 20.5 Å². The Morgan fingerprint density at radius 2 is 1.71 bits per heavy atom. The van der Waals surface area contributed by atoms with Gasteiger partial charge in [-0.05, 0) is 36.1 Å². The summed E-state index contributed by atoms with van der Waals surface area (Å²) in [6.07, 6.45) is 1.02. The summed E-state index contributed by atoms with van der Waals surface area (Å²) in [6.45, 7) is 0.0790. The van der Waals surface area contributed by atoms with Gasteiger partial charge in [-0.2, -0.15) is 0 Å². The zero-order chi connectivity index (χ0) is 25.0. The summed E-state index contributed by atoms with van der Waals surface area (Å²) >= 11 is 0. The highest BCUT2D eigenvalue weighted by atomic mass is 19.1. The number of nitrogens with zero attached hydrogens (tertiary/aromatic N) is 2. The van der Waals surface area contributed by atoms with Gasteiger partial charge in [-0.15, -0.1) is 0 Å². The van der Waals surface area contributed by atoms with Gasteiger partial charge in [-0.3, -0.25) is 14.5 Å². The molecule has 0 aliphatic heterocycles. The van der Waals surface area contributed by atoms with E-state index in [1.807, 2.05) is 6.07 Å². The minimum absolute atomic E-state index is 0.0166. The van der Waals surface area contributed by atoms with Crippen LogP contribution in [0.25, 0.3) is 0 Å².